The fraction of sp³-hybridized carbons (Fsp3) is 0.286. The lowest BCUT2D eigenvalue weighted by molar-refractivity contribution is -0.614. The molecule has 1 N–H and O–H groups in total. The zero-order valence-corrected chi connectivity index (χ0v) is 5.46. The van der Waals surface area contributed by atoms with E-state index < -0.39 is 0 Å². The topological polar surface area (TPSA) is 27.7 Å². The summed E-state index contributed by atoms with van der Waals surface area (Å²) in [4.78, 5) is 0. The van der Waals surface area contributed by atoms with E-state index in [4.69, 9.17) is 5.84 Å². The third kappa shape index (κ3) is 1.19. The molecule has 0 aliphatic heterocycles. The van der Waals surface area contributed by atoms with Gasteiger partial charge in [0.2, 0.25) is 0 Å². The molecule has 0 radical (unpaired) electrons. The molecule has 1 rings (SSSR count). The number of rotatable bonds is 1. The second-order valence-corrected chi connectivity index (χ2v) is 1.92. The van der Waals surface area contributed by atoms with Crippen LogP contribution in [0.5, 0.6) is 0 Å². The van der Waals surface area contributed by atoms with Crippen molar-refractivity contribution >= 4 is 0 Å². The monoisotopic (exact) mass is 122 g/mol. The Morgan fingerprint density at radius 2 is 2.33 bits per heavy atom. The maximum absolute atomic E-state index is 7.29. The fourth-order valence-corrected chi connectivity index (χ4v) is 0.767. The first-order valence-electron chi connectivity index (χ1n) is 3.05. The predicted molar refractivity (Wildman–Crippen MR) is 35.7 cm³/mol. The number of nitrogens with one attached hydrogen (secondary N) is 1. The van der Waals surface area contributed by atoms with Gasteiger partial charge >= 0.3 is 0 Å². The van der Waals surface area contributed by atoms with Crippen molar-refractivity contribution in [2.75, 3.05) is 0 Å². The van der Waals surface area contributed by atoms with Crippen molar-refractivity contribution in [2.45, 2.75) is 13.3 Å². The molecule has 2 nitrogen and oxygen atoms in total. The Labute approximate surface area is 54.9 Å². The number of aromatic nitrogens is 1. The van der Waals surface area contributed by atoms with Crippen LogP contribution >= 0.6 is 0 Å². The highest BCUT2D eigenvalue weighted by molar-refractivity contribution is 4.96. The van der Waals surface area contributed by atoms with Gasteiger partial charge in [-0.2, -0.15) is 0 Å². The molecule has 0 saturated heterocycles. The van der Waals surface area contributed by atoms with E-state index in [0.717, 1.165) is 12.1 Å². The van der Waals surface area contributed by atoms with Crippen molar-refractivity contribution in [1.29, 1.82) is 0 Å². The van der Waals surface area contributed by atoms with Crippen molar-refractivity contribution in [1.82, 2.24) is 0 Å². The number of pyridine rings is 1. The first-order valence-corrected chi connectivity index (χ1v) is 3.05. The van der Waals surface area contributed by atoms with Gasteiger partial charge in [-0.05, 0) is 0 Å². The van der Waals surface area contributed by atoms with Gasteiger partial charge in [0.1, 0.15) is 0 Å². The van der Waals surface area contributed by atoms with Crippen LogP contribution in [0.4, 0.5) is 0 Å². The molecule has 0 saturated carbocycles. The van der Waals surface area contributed by atoms with Crippen LogP contribution < -0.4 is 4.68 Å². The summed E-state index contributed by atoms with van der Waals surface area (Å²) in [5.41, 5.74) is 1.04. The maximum Gasteiger partial charge on any atom is 0.176 e. The quantitative estimate of drug-likeness (QED) is 0.503. The van der Waals surface area contributed by atoms with Gasteiger partial charge in [0.05, 0.1) is 0 Å². The van der Waals surface area contributed by atoms with E-state index in [1.807, 2.05) is 25.1 Å². The van der Waals surface area contributed by atoms with Crippen molar-refractivity contribution in [3.8, 4) is 0 Å². The van der Waals surface area contributed by atoms with E-state index in [-0.39, 0.29) is 0 Å². The molecule has 0 bridgehead atoms. The minimum atomic E-state index is 0.921. The maximum atomic E-state index is 7.29. The number of hydrogen-bond acceptors (Lipinski definition) is 0. The molecule has 9 heavy (non-hydrogen) atoms. The van der Waals surface area contributed by atoms with Gasteiger partial charge in [-0.25, -0.2) is 4.68 Å². The molecule has 48 valence electrons. The highest BCUT2D eigenvalue weighted by Crippen LogP contribution is 1.90. The van der Waals surface area contributed by atoms with E-state index in [9.17, 15) is 0 Å². The summed E-state index contributed by atoms with van der Waals surface area (Å²) in [6.45, 7) is 2.04. The molecular formula is C7H10N2. The molecule has 1 heterocycles. The number of nitrogens with zero attached hydrogens (tertiary/aromatic N) is 1. The average molecular weight is 122 g/mol. The number of aryl methyl sites for hydroxylation is 1. The van der Waals surface area contributed by atoms with E-state index in [2.05, 4.69) is 0 Å². The Bertz CT molecular complexity index is 196. The van der Waals surface area contributed by atoms with E-state index in [0.29, 0.717) is 0 Å². The Hall–Kier alpha value is -1.05. The van der Waals surface area contributed by atoms with Crippen LogP contribution in [0.1, 0.15) is 12.6 Å². The summed E-state index contributed by atoms with van der Waals surface area (Å²) < 4.78 is 1.39. The molecule has 0 fully saturated rings. The summed E-state index contributed by atoms with van der Waals surface area (Å²) >= 11 is 0. The highest BCUT2D eigenvalue weighted by Gasteiger charge is 1.94. The molecule has 0 spiro atoms. The predicted octanol–water partition coefficient (Wildman–Crippen LogP) is 1.35. The molecule has 0 atom stereocenters. The Morgan fingerprint density at radius 3 is 2.78 bits per heavy atom. The van der Waals surface area contributed by atoms with E-state index in [1.165, 1.54) is 4.68 Å². The molecule has 1 aromatic rings. The van der Waals surface area contributed by atoms with Crippen LogP contribution in [0.2, 0.25) is 0 Å². The van der Waals surface area contributed by atoms with Gasteiger partial charge in [0.15, 0.2) is 11.9 Å². The fourth-order valence-electron chi connectivity index (χ4n) is 0.767. The van der Waals surface area contributed by atoms with Crippen molar-refractivity contribution in [2.24, 2.45) is 0 Å². The van der Waals surface area contributed by atoms with Gasteiger partial charge < -0.3 is 5.84 Å². The largest absolute Gasteiger partial charge is 0.449 e. The first-order chi connectivity index (χ1) is 4.34. The SMILES string of the molecule is CCc1cccc[n+]1[NH-]. The molecule has 0 unspecified atom stereocenters. The summed E-state index contributed by atoms with van der Waals surface area (Å²) in [5.74, 6) is 7.29. The van der Waals surface area contributed by atoms with Gasteiger partial charge in [0.25, 0.3) is 0 Å². The highest BCUT2D eigenvalue weighted by atomic mass is 15.3. The van der Waals surface area contributed by atoms with Crippen molar-refractivity contribution in [3.05, 3.63) is 35.9 Å². The van der Waals surface area contributed by atoms with Gasteiger partial charge in [0, 0.05) is 18.6 Å². The van der Waals surface area contributed by atoms with Gasteiger partial charge in [-0.1, -0.05) is 13.0 Å². The zero-order chi connectivity index (χ0) is 6.69. The number of hydrogen-bond donors (Lipinski definition) is 0. The Balaban J connectivity index is 3.01. The van der Waals surface area contributed by atoms with Crippen LogP contribution in [0.25, 0.3) is 5.84 Å². The van der Waals surface area contributed by atoms with Crippen LogP contribution in [0.15, 0.2) is 24.4 Å². The summed E-state index contributed by atoms with van der Waals surface area (Å²) in [7, 11) is 0. The Kier molecular flexibility index (Phi) is 1.68. The second-order valence-electron chi connectivity index (χ2n) is 1.92. The van der Waals surface area contributed by atoms with Crippen LogP contribution in [-0.2, 0) is 6.42 Å². The summed E-state index contributed by atoms with van der Waals surface area (Å²) in [6.07, 6.45) is 2.66. The summed E-state index contributed by atoms with van der Waals surface area (Å²) in [5, 5.41) is 0. The lowest BCUT2D eigenvalue weighted by Crippen LogP contribution is -2.27. The molecular weight excluding hydrogens is 112 g/mol. The van der Waals surface area contributed by atoms with Crippen LogP contribution in [0, 0.1) is 0 Å². The molecule has 1 aromatic heterocycles. The Morgan fingerprint density at radius 1 is 1.56 bits per heavy atom. The van der Waals surface area contributed by atoms with E-state index in [1.54, 1.807) is 6.20 Å². The van der Waals surface area contributed by atoms with Crippen molar-refractivity contribution in [3.63, 3.8) is 0 Å². The molecule has 2 heteroatoms. The van der Waals surface area contributed by atoms with Crippen molar-refractivity contribution < 1.29 is 4.68 Å². The lowest BCUT2D eigenvalue weighted by Gasteiger charge is -1.98. The van der Waals surface area contributed by atoms with Gasteiger partial charge in [-0.15, -0.1) is 0 Å². The molecule has 0 amide bonds. The van der Waals surface area contributed by atoms with Gasteiger partial charge in [-0.3, -0.25) is 0 Å². The third-order valence-electron chi connectivity index (χ3n) is 1.31. The first kappa shape index (κ1) is 6.08. The van der Waals surface area contributed by atoms with Crippen LogP contribution in [0.3, 0.4) is 0 Å². The third-order valence-corrected chi connectivity index (χ3v) is 1.31. The summed E-state index contributed by atoms with van der Waals surface area (Å²) in [6, 6.07) is 5.75. The zero-order valence-electron chi connectivity index (χ0n) is 5.46. The van der Waals surface area contributed by atoms with E-state index >= 15 is 0 Å². The standard InChI is InChI=1S/C7H10N2/c1-2-7-5-3-4-6-9(7)8/h3-6,8H,2H2,1H3. The molecule has 0 aliphatic rings. The minimum Gasteiger partial charge on any atom is -0.449 e. The average Bonchev–Trinajstić information content (AvgIpc) is 1.89. The molecule has 0 aromatic carbocycles. The normalized spacial score (nSPS) is 9.44. The molecule has 0 aliphatic carbocycles. The smallest absolute Gasteiger partial charge is 0.176 e. The lowest BCUT2D eigenvalue weighted by atomic mass is 10.3. The second kappa shape index (κ2) is 2.49. The van der Waals surface area contributed by atoms with Crippen LogP contribution in [-0.4, -0.2) is 0 Å². The minimum absolute atomic E-state index is 0.921.